The molecule has 3 nitrogen and oxygen atoms in total. The van der Waals surface area contributed by atoms with Crippen LogP contribution >= 0.6 is 11.6 Å². The Hall–Kier alpha value is -1.55. The van der Waals surface area contributed by atoms with Gasteiger partial charge < -0.3 is 5.32 Å². The molecule has 0 unspecified atom stereocenters. The predicted molar refractivity (Wildman–Crippen MR) is 72.0 cm³/mol. The second-order valence-electron chi connectivity index (χ2n) is 4.47. The molecule has 0 bridgehead atoms. The Labute approximate surface area is 111 Å². The summed E-state index contributed by atoms with van der Waals surface area (Å²) in [5, 5.41) is 3.68. The second-order valence-corrected chi connectivity index (χ2v) is 4.91. The van der Waals surface area contributed by atoms with Crippen LogP contribution < -0.4 is 5.32 Å². The lowest BCUT2D eigenvalue weighted by Crippen LogP contribution is -2.14. The first-order valence-corrected chi connectivity index (χ1v) is 6.13. The van der Waals surface area contributed by atoms with Crippen molar-refractivity contribution in [2.24, 2.45) is 0 Å². The fraction of sp³-hybridized carbons (Fsp3) is 0.308. The third kappa shape index (κ3) is 2.64. The lowest BCUT2D eigenvalue weighted by atomic mass is 10.3. The summed E-state index contributed by atoms with van der Waals surface area (Å²) in [7, 11) is 0. The third-order valence-corrected chi connectivity index (χ3v) is 2.65. The fourth-order valence-corrected chi connectivity index (χ4v) is 1.88. The Morgan fingerprint density at radius 3 is 2.78 bits per heavy atom. The molecule has 18 heavy (non-hydrogen) atoms. The molecule has 0 aliphatic carbocycles. The second kappa shape index (κ2) is 4.98. The summed E-state index contributed by atoms with van der Waals surface area (Å²) in [5.74, 6) is 0.285. The number of aryl methyl sites for hydroxylation is 1. The minimum atomic E-state index is -0.330. The molecule has 1 heterocycles. The van der Waals surface area contributed by atoms with E-state index in [0.29, 0.717) is 16.7 Å². The number of aromatic nitrogens is 2. The number of benzene rings is 1. The average Bonchev–Trinajstić information content (AvgIpc) is 2.62. The molecule has 1 aromatic carbocycles. The Balaban J connectivity index is 2.52. The van der Waals surface area contributed by atoms with Crippen LogP contribution in [0.2, 0.25) is 5.02 Å². The number of hydrogen-bond acceptors (Lipinski definition) is 2. The SMILES string of the molecule is Cc1cn(-c2cc(Cl)ccc2F)c(NC(C)C)n1. The molecule has 0 saturated carbocycles. The standard InChI is InChI=1S/C13H15ClFN3/c1-8(2)16-13-17-9(3)7-18(13)12-6-10(14)4-5-11(12)15/h4-8H,1-3H3,(H,16,17). The Morgan fingerprint density at radius 2 is 2.11 bits per heavy atom. The topological polar surface area (TPSA) is 29.9 Å². The number of nitrogens with zero attached hydrogens (tertiary/aromatic N) is 2. The minimum Gasteiger partial charge on any atom is -0.353 e. The maximum absolute atomic E-state index is 13.8. The van der Waals surface area contributed by atoms with E-state index in [1.807, 2.05) is 20.8 Å². The number of hydrogen-bond donors (Lipinski definition) is 1. The normalized spacial score (nSPS) is 11.0. The molecule has 0 atom stereocenters. The molecule has 0 aliphatic rings. The van der Waals surface area contributed by atoms with Gasteiger partial charge in [-0.15, -0.1) is 0 Å². The van der Waals surface area contributed by atoms with E-state index in [1.54, 1.807) is 16.8 Å². The van der Waals surface area contributed by atoms with Gasteiger partial charge in [0.05, 0.1) is 11.4 Å². The zero-order chi connectivity index (χ0) is 13.3. The zero-order valence-corrected chi connectivity index (χ0v) is 11.3. The summed E-state index contributed by atoms with van der Waals surface area (Å²) in [6.45, 7) is 5.87. The summed E-state index contributed by atoms with van der Waals surface area (Å²) in [4.78, 5) is 4.34. The highest BCUT2D eigenvalue weighted by atomic mass is 35.5. The van der Waals surface area contributed by atoms with E-state index in [-0.39, 0.29) is 11.9 Å². The van der Waals surface area contributed by atoms with E-state index in [1.165, 1.54) is 12.1 Å². The van der Waals surface area contributed by atoms with Crippen LogP contribution in [0.1, 0.15) is 19.5 Å². The zero-order valence-electron chi connectivity index (χ0n) is 10.5. The van der Waals surface area contributed by atoms with E-state index in [0.717, 1.165) is 5.69 Å². The van der Waals surface area contributed by atoms with Gasteiger partial charge in [-0.1, -0.05) is 11.6 Å². The quantitative estimate of drug-likeness (QED) is 0.917. The van der Waals surface area contributed by atoms with Crippen LogP contribution in [0, 0.1) is 12.7 Å². The Bertz CT molecular complexity index is 563. The molecule has 1 N–H and O–H groups in total. The van der Waals surface area contributed by atoms with Crippen LogP contribution in [0.25, 0.3) is 5.69 Å². The van der Waals surface area contributed by atoms with Gasteiger partial charge in [-0.3, -0.25) is 4.57 Å². The summed E-state index contributed by atoms with van der Waals surface area (Å²) in [5.41, 5.74) is 1.21. The predicted octanol–water partition coefficient (Wildman–Crippen LogP) is 3.79. The molecule has 2 rings (SSSR count). The molecule has 0 radical (unpaired) electrons. The summed E-state index contributed by atoms with van der Waals surface area (Å²) < 4.78 is 15.5. The van der Waals surface area contributed by atoms with Gasteiger partial charge >= 0.3 is 0 Å². The van der Waals surface area contributed by atoms with E-state index in [4.69, 9.17) is 11.6 Å². The highest BCUT2D eigenvalue weighted by Crippen LogP contribution is 2.23. The van der Waals surface area contributed by atoms with Crippen molar-refractivity contribution in [3.8, 4) is 5.69 Å². The van der Waals surface area contributed by atoms with Crippen LogP contribution in [-0.4, -0.2) is 15.6 Å². The highest BCUT2D eigenvalue weighted by Gasteiger charge is 2.12. The first-order chi connectivity index (χ1) is 8.47. The largest absolute Gasteiger partial charge is 0.353 e. The van der Waals surface area contributed by atoms with E-state index >= 15 is 0 Å². The molecule has 96 valence electrons. The number of halogens is 2. The molecule has 0 aliphatic heterocycles. The Kier molecular flexibility index (Phi) is 3.57. The molecular formula is C13H15ClFN3. The van der Waals surface area contributed by atoms with Gasteiger partial charge in [-0.25, -0.2) is 9.37 Å². The number of anilines is 1. The van der Waals surface area contributed by atoms with Crippen LogP contribution in [-0.2, 0) is 0 Å². The van der Waals surface area contributed by atoms with Crippen LogP contribution in [0.3, 0.4) is 0 Å². The van der Waals surface area contributed by atoms with Crippen molar-refractivity contribution in [3.05, 3.63) is 40.9 Å². The Morgan fingerprint density at radius 1 is 1.39 bits per heavy atom. The maximum atomic E-state index is 13.8. The van der Waals surface area contributed by atoms with Gasteiger partial charge in [0.15, 0.2) is 0 Å². The van der Waals surface area contributed by atoms with Gasteiger partial charge in [0.1, 0.15) is 5.82 Å². The highest BCUT2D eigenvalue weighted by molar-refractivity contribution is 6.30. The van der Waals surface area contributed by atoms with Gasteiger partial charge in [0.2, 0.25) is 5.95 Å². The monoisotopic (exact) mass is 267 g/mol. The van der Waals surface area contributed by atoms with E-state index in [9.17, 15) is 4.39 Å². The first-order valence-electron chi connectivity index (χ1n) is 5.75. The lowest BCUT2D eigenvalue weighted by molar-refractivity contribution is 0.618. The maximum Gasteiger partial charge on any atom is 0.208 e. The molecule has 0 saturated heterocycles. The summed E-state index contributed by atoms with van der Waals surface area (Å²) >= 11 is 5.91. The van der Waals surface area contributed by atoms with Crippen molar-refractivity contribution in [2.45, 2.75) is 26.8 Å². The van der Waals surface area contributed by atoms with Crippen molar-refractivity contribution >= 4 is 17.5 Å². The molecular weight excluding hydrogens is 253 g/mol. The number of rotatable bonds is 3. The van der Waals surface area contributed by atoms with E-state index in [2.05, 4.69) is 10.3 Å². The number of nitrogens with one attached hydrogen (secondary N) is 1. The third-order valence-electron chi connectivity index (χ3n) is 2.41. The summed E-state index contributed by atoms with van der Waals surface area (Å²) in [6, 6.07) is 4.68. The molecule has 5 heteroatoms. The van der Waals surface area contributed by atoms with Crippen molar-refractivity contribution in [2.75, 3.05) is 5.32 Å². The van der Waals surface area contributed by atoms with Gasteiger partial charge in [-0.05, 0) is 39.0 Å². The van der Waals surface area contributed by atoms with Crippen LogP contribution in [0.5, 0.6) is 0 Å². The lowest BCUT2D eigenvalue weighted by Gasteiger charge is -2.12. The number of imidazole rings is 1. The minimum absolute atomic E-state index is 0.216. The molecule has 0 amide bonds. The molecule has 0 fully saturated rings. The van der Waals surface area contributed by atoms with Gasteiger partial charge in [-0.2, -0.15) is 0 Å². The van der Waals surface area contributed by atoms with Gasteiger partial charge in [0, 0.05) is 17.3 Å². The van der Waals surface area contributed by atoms with Crippen LogP contribution in [0.4, 0.5) is 10.3 Å². The van der Waals surface area contributed by atoms with Crippen molar-refractivity contribution < 1.29 is 4.39 Å². The smallest absolute Gasteiger partial charge is 0.208 e. The summed E-state index contributed by atoms with van der Waals surface area (Å²) in [6.07, 6.45) is 1.78. The average molecular weight is 268 g/mol. The fourth-order valence-electron chi connectivity index (χ4n) is 1.71. The first kappa shape index (κ1) is 12.9. The van der Waals surface area contributed by atoms with Crippen molar-refractivity contribution in [1.82, 2.24) is 9.55 Å². The van der Waals surface area contributed by atoms with Crippen LogP contribution in [0.15, 0.2) is 24.4 Å². The van der Waals surface area contributed by atoms with Crippen molar-refractivity contribution in [1.29, 1.82) is 0 Å². The van der Waals surface area contributed by atoms with E-state index < -0.39 is 0 Å². The van der Waals surface area contributed by atoms with Crippen molar-refractivity contribution in [3.63, 3.8) is 0 Å². The molecule has 1 aromatic heterocycles. The molecule has 2 aromatic rings. The van der Waals surface area contributed by atoms with Gasteiger partial charge in [0.25, 0.3) is 0 Å². The molecule has 0 spiro atoms.